The first-order valence-electron chi connectivity index (χ1n) is 13.6. The molecule has 7 nitrogen and oxygen atoms in total. The third-order valence-corrected chi connectivity index (χ3v) is 5.24. The predicted molar refractivity (Wildman–Crippen MR) is 143 cm³/mol. The highest BCUT2D eigenvalue weighted by molar-refractivity contribution is 5.89. The highest BCUT2D eigenvalue weighted by Gasteiger charge is 2.74. The summed E-state index contributed by atoms with van der Waals surface area (Å²) in [6.07, 6.45) is -16.9. The Morgan fingerprint density at radius 3 is 0.836 bits per heavy atom. The van der Waals surface area contributed by atoms with Gasteiger partial charge in [0.1, 0.15) is 19.8 Å². The smallest absolute Gasteiger partial charge is 0.396 e. The van der Waals surface area contributed by atoms with Gasteiger partial charge in [0.25, 0.3) is 0 Å². The van der Waals surface area contributed by atoms with Crippen molar-refractivity contribution in [1.82, 2.24) is 0 Å². The summed E-state index contributed by atoms with van der Waals surface area (Å²) in [6, 6.07) is 0. The SMILES string of the molecule is C=CC(=O)CCO.C=CC(=O)CCOCC(F)(F)C(F)(F)C(F)(F)F.C=CC(=O)CCOCC(F)(F)C(F)(F)C(F)(F)F.OCC(F)(F)C(F)(F)C(F)(F)F. The number of hydrogen-bond donors (Lipinski definition) is 2. The van der Waals surface area contributed by atoms with Gasteiger partial charge in [0.05, 0.1) is 19.8 Å². The molecule has 0 rings (SSSR count). The summed E-state index contributed by atoms with van der Waals surface area (Å²) in [6.45, 7) is 0.989. The van der Waals surface area contributed by atoms with Crippen LogP contribution in [0.5, 0.6) is 0 Å². The van der Waals surface area contributed by atoms with Crippen LogP contribution >= 0.6 is 0 Å². The van der Waals surface area contributed by atoms with Gasteiger partial charge in [0, 0.05) is 19.3 Å². The molecule has 0 aliphatic heterocycles. The maximum absolute atomic E-state index is 12.6. The van der Waals surface area contributed by atoms with Gasteiger partial charge in [-0.05, 0) is 18.2 Å². The fourth-order valence-electron chi connectivity index (χ4n) is 2.07. The van der Waals surface area contributed by atoms with Crippen LogP contribution < -0.4 is 0 Å². The zero-order valence-electron chi connectivity index (χ0n) is 27.1. The van der Waals surface area contributed by atoms with Crippen molar-refractivity contribution in [2.75, 3.05) is 39.6 Å². The number of carbonyl (C=O) groups is 3. The van der Waals surface area contributed by atoms with Crippen LogP contribution in [0.15, 0.2) is 38.0 Å². The largest absolute Gasteiger partial charge is 0.459 e. The number of hydrogen-bond acceptors (Lipinski definition) is 7. The molecule has 0 unspecified atom stereocenters. The third kappa shape index (κ3) is 19.3. The molecule has 0 amide bonds. The molecule has 0 fully saturated rings. The van der Waals surface area contributed by atoms with Gasteiger partial charge in [-0.3, -0.25) is 14.4 Å². The molecule has 0 radical (unpaired) electrons. The number of halogens is 21. The summed E-state index contributed by atoms with van der Waals surface area (Å²) in [4.78, 5) is 31.3. The Morgan fingerprint density at radius 2 is 0.673 bits per heavy atom. The minimum Gasteiger partial charge on any atom is -0.396 e. The Morgan fingerprint density at radius 1 is 0.436 bits per heavy atom. The number of ether oxygens (including phenoxy) is 2. The van der Waals surface area contributed by atoms with Crippen LogP contribution in [-0.2, 0) is 23.9 Å². The lowest BCUT2D eigenvalue weighted by Crippen LogP contribution is -2.54. The molecule has 0 aliphatic rings. The van der Waals surface area contributed by atoms with Crippen LogP contribution in [0.2, 0.25) is 0 Å². The normalized spacial score (nSPS) is 13.1. The van der Waals surface area contributed by atoms with Gasteiger partial charge >= 0.3 is 54.1 Å². The van der Waals surface area contributed by atoms with Crippen LogP contribution in [0.3, 0.4) is 0 Å². The molecule has 28 heteroatoms. The van der Waals surface area contributed by atoms with Crippen LogP contribution in [0.1, 0.15) is 19.3 Å². The van der Waals surface area contributed by atoms with Gasteiger partial charge in [-0.1, -0.05) is 19.7 Å². The Kier molecular flexibility index (Phi) is 24.4. The fourth-order valence-corrected chi connectivity index (χ4v) is 2.07. The molecular weight excluding hydrogens is 835 g/mol. The van der Waals surface area contributed by atoms with Crippen LogP contribution in [-0.4, -0.2) is 121 Å². The van der Waals surface area contributed by atoms with Crippen molar-refractivity contribution in [2.24, 2.45) is 0 Å². The molecule has 0 aromatic heterocycles. The summed E-state index contributed by atoms with van der Waals surface area (Å²) in [5.41, 5.74) is 0. The van der Waals surface area contributed by atoms with Gasteiger partial charge in [0.15, 0.2) is 17.3 Å². The van der Waals surface area contributed by atoms with Gasteiger partial charge < -0.3 is 19.7 Å². The van der Waals surface area contributed by atoms with Crippen molar-refractivity contribution in [2.45, 2.75) is 73.3 Å². The average molecular weight is 864 g/mol. The van der Waals surface area contributed by atoms with E-state index in [1.165, 1.54) is 6.08 Å². The molecule has 0 spiro atoms. The second kappa shape index (κ2) is 23.0. The maximum Gasteiger partial charge on any atom is 0.459 e. The molecule has 326 valence electrons. The first kappa shape index (κ1) is 58.3. The Labute approximate surface area is 295 Å². The van der Waals surface area contributed by atoms with Crippen molar-refractivity contribution >= 4 is 17.3 Å². The number of carbonyl (C=O) groups excluding carboxylic acids is 3. The van der Waals surface area contributed by atoms with Crippen LogP contribution in [0.4, 0.5) is 92.2 Å². The van der Waals surface area contributed by atoms with Crippen LogP contribution in [0, 0.1) is 0 Å². The van der Waals surface area contributed by atoms with Gasteiger partial charge in [0.2, 0.25) is 0 Å². The minimum absolute atomic E-state index is 0.0785. The van der Waals surface area contributed by atoms with Crippen molar-refractivity contribution in [1.29, 1.82) is 0 Å². The molecule has 0 saturated heterocycles. The molecule has 2 N–H and O–H groups in total. The van der Waals surface area contributed by atoms with E-state index >= 15 is 0 Å². The Balaban J connectivity index is -0.000000331. The molecule has 0 aromatic carbocycles. The molecule has 0 heterocycles. The van der Waals surface area contributed by atoms with E-state index in [0.29, 0.717) is 0 Å². The third-order valence-electron chi connectivity index (χ3n) is 5.24. The van der Waals surface area contributed by atoms with Gasteiger partial charge in [-0.15, -0.1) is 0 Å². The average Bonchev–Trinajstić information content (AvgIpc) is 3.03. The lowest BCUT2D eigenvalue weighted by Gasteiger charge is -2.27. The maximum atomic E-state index is 12.6. The molecule has 0 saturated carbocycles. The lowest BCUT2D eigenvalue weighted by molar-refractivity contribution is -0.361. The van der Waals surface area contributed by atoms with E-state index in [1.807, 2.05) is 0 Å². The molecule has 0 aliphatic carbocycles. The zero-order chi connectivity index (χ0) is 45.1. The summed E-state index contributed by atoms with van der Waals surface area (Å²) in [5, 5.41) is 15.7. The van der Waals surface area contributed by atoms with E-state index in [4.69, 9.17) is 10.2 Å². The van der Waals surface area contributed by atoms with Gasteiger partial charge in [-0.2, -0.15) is 92.2 Å². The quantitative estimate of drug-likeness (QED) is 0.0773. The highest BCUT2D eigenvalue weighted by atomic mass is 19.4. The standard InChI is InChI=1S/2C9H9F7O2.C5H8O2.C4H3F7O/c2*1-2-6(17)3-4-18-5-7(10,11)8(12,13)9(14,15)16;1-2-5(7)3-4-6;5-2(6,1-12)3(7,8)4(9,10)11/h2*2H,1,3-5H2;2,6H,1,3-4H2;12H,1H2. The van der Waals surface area contributed by atoms with Crippen molar-refractivity contribution in [3.05, 3.63) is 38.0 Å². The number of alkyl halides is 21. The Bertz CT molecular complexity index is 1150. The Hall–Kier alpha value is -3.40. The first-order chi connectivity index (χ1) is 24.3. The summed E-state index contributed by atoms with van der Waals surface area (Å²) >= 11 is 0. The summed E-state index contributed by atoms with van der Waals surface area (Å²) in [7, 11) is 0. The monoisotopic (exact) mass is 864 g/mol. The molecular formula is C27H29F21O7. The van der Waals surface area contributed by atoms with Crippen molar-refractivity contribution in [3.63, 3.8) is 0 Å². The second-order valence-corrected chi connectivity index (χ2v) is 9.58. The fraction of sp³-hybridized carbons (Fsp3) is 0.667. The predicted octanol–water partition coefficient (Wildman–Crippen LogP) is 7.90. The van der Waals surface area contributed by atoms with Gasteiger partial charge in [-0.25, -0.2) is 0 Å². The van der Waals surface area contributed by atoms with E-state index in [2.05, 4.69) is 29.2 Å². The molecule has 0 atom stereocenters. The van der Waals surface area contributed by atoms with Crippen molar-refractivity contribution in [3.8, 4) is 0 Å². The van der Waals surface area contributed by atoms with E-state index < -0.39 is 112 Å². The number of aliphatic hydroxyl groups excluding tert-OH is 2. The summed E-state index contributed by atoms with van der Waals surface area (Å²) < 4.78 is 258. The van der Waals surface area contributed by atoms with E-state index in [-0.39, 0.29) is 18.8 Å². The molecule has 0 aromatic rings. The zero-order valence-corrected chi connectivity index (χ0v) is 27.1. The van der Waals surface area contributed by atoms with Crippen LogP contribution in [0.25, 0.3) is 0 Å². The molecule has 55 heavy (non-hydrogen) atoms. The number of ketones is 3. The second-order valence-electron chi connectivity index (χ2n) is 9.58. The van der Waals surface area contributed by atoms with Crippen molar-refractivity contribution < 1.29 is 126 Å². The number of rotatable bonds is 19. The highest BCUT2D eigenvalue weighted by Crippen LogP contribution is 2.48. The number of allylic oxidation sites excluding steroid dienone is 3. The minimum atomic E-state index is -6.38. The summed E-state index contributed by atoms with van der Waals surface area (Å²) in [5.74, 6) is -36.2. The topological polar surface area (TPSA) is 110 Å². The lowest BCUT2D eigenvalue weighted by atomic mass is 10.2. The molecule has 0 bridgehead atoms. The first-order valence-corrected chi connectivity index (χ1v) is 13.6. The van der Waals surface area contributed by atoms with E-state index in [0.717, 1.165) is 12.2 Å². The van der Waals surface area contributed by atoms with E-state index in [9.17, 15) is 107 Å². The number of aliphatic hydroxyl groups is 2. The van der Waals surface area contributed by atoms with E-state index in [1.54, 1.807) is 0 Å².